The zero-order valence-electron chi connectivity index (χ0n) is 12.8. The molecule has 2 rings (SSSR count). The van der Waals surface area contributed by atoms with Crippen LogP contribution in [0.15, 0.2) is 6.33 Å². The van der Waals surface area contributed by atoms with Crippen molar-refractivity contribution in [2.75, 3.05) is 0 Å². The van der Waals surface area contributed by atoms with Crippen molar-refractivity contribution in [3.05, 3.63) is 12.2 Å². The number of nitrogens with zero attached hydrogens (tertiary/aromatic N) is 3. The summed E-state index contributed by atoms with van der Waals surface area (Å²) in [6.45, 7) is 11.0. The smallest absolute Gasteiger partial charge is 0.140 e. The minimum atomic E-state index is 0.606. The Hall–Kier alpha value is -0.900. The van der Waals surface area contributed by atoms with Gasteiger partial charge in [0.1, 0.15) is 12.2 Å². The van der Waals surface area contributed by atoms with E-state index in [9.17, 15) is 0 Å². The normalized spacial score (nSPS) is 27.9. The quantitative estimate of drug-likeness (QED) is 0.889. The minimum Gasteiger partial charge on any atom is -0.307 e. The van der Waals surface area contributed by atoms with E-state index in [0.29, 0.717) is 12.0 Å². The van der Waals surface area contributed by atoms with Crippen LogP contribution >= 0.6 is 0 Å². The van der Waals surface area contributed by atoms with Gasteiger partial charge in [-0.15, -0.1) is 0 Å². The third kappa shape index (κ3) is 4.03. The van der Waals surface area contributed by atoms with Crippen molar-refractivity contribution >= 4 is 0 Å². The van der Waals surface area contributed by atoms with Crippen molar-refractivity contribution in [1.82, 2.24) is 20.1 Å². The first-order valence-corrected chi connectivity index (χ1v) is 7.66. The van der Waals surface area contributed by atoms with Crippen LogP contribution in [0.1, 0.15) is 52.8 Å². The molecule has 19 heavy (non-hydrogen) atoms. The molecule has 1 heterocycles. The lowest BCUT2D eigenvalue weighted by Gasteiger charge is -2.33. The molecule has 0 radical (unpaired) electrons. The molecular weight excluding hydrogens is 236 g/mol. The average Bonchev–Trinajstić information content (AvgIpc) is 2.74. The number of rotatable bonds is 5. The summed E-state index contributed by atoms with van der Waals surface area (Å²) in [6, 6.07) is 0.639. The van der Waals surface area contributed by atoms with Gasteiger partial charge in [0, 0.05) is 12.6 Å². The first-order chi connectivity index (χ1) is 9.06. The monoisotopic (exact) mass is 264 g/mol. The van der Waals surface area contributed by atoms with E-state index in [1.165, 1.54) is 19.3 Å². The van der Waals surface area contributed by atoms with Crippen molar-refractivity contribution in [2.45, 2.75) is 66.1 Å². The second kappa shape index (κ2) is 6.51. The van der Waals surface area contributed by atoms with Gasteiger partial charge in [0.05, 0.1) is 6.54 Å². The molecule has 0 spiro atoms. The molecule has 1 fully saturated rings. The van der Waals surface area contributed by atoms with Crippen LogP contribution in [0.4, 0.5) is 0 Å². The van der Waals surface area contributed by atoms with Crippen molar-refractivity contribution in [2.24, 2.45) is 17.8 Å². The lowest BCUT2D eigenvalue weighted by atomic mass is 9.80. The Labute approximate surface area is 117 Å². The predicted octanol–water partition coefficient (Wildman–Crippen LogP) is 2.85. The molecule has 4 heteroatoms. The standard InChI is InChI=1S/C15H28N4/c1-11(2)9-19-15(17-10-18-19)8-16-14-6-5-12(3)7-13(14)4/h10-14,16H,5-9H2,1-4H3. The van der Waals surface area contributed by atoms with Crippen molar-refractivity contribution < 1.29 is 0 Å². The Morgan fingerprint density at radius 2 is 2.16 bits per heavy atom. The predicted molar refractivity (Wildman–Crippen MR) is 77.7 cm³/mol. The topological polar surface area (TPSA) is 42.7 Å². The van der Waals surface area contributed by atoms with Crippen molar-refractivity contribution in [1.29, 1.82) is 0 Å². The van der Waals surface area contributed by atoms with Crippen LogP contribution in [0.5, 0.6) is 0 Å². The van der Waals surface area contributed by atoms with Gasteiger partial charge in [-0.25, -0.2) is 9.67 Å². The summed E-state index contributed by atoms with van der Waals surface area (Å²) in [5, 5.41) is 8.00. The van der Waals surface area contributed by atoms with E-state index in [2.05, 4.69) is 43.1 Å². The molecule has 0 bridgehead atoms. The number of nitrogens with one attached hydrogen (secondary N) is 1. The second-order valence-electron chi connectivity index (χ2n) is 6.64. The molecule has 0 aliphatic heterocycles. The summed E-state index contributed by atoms with van der Waals surface area (Å²) in [5.41, 5.74) is 0. The van der Waals surface area contributed by atoms with Gasteiger partial charge in [0.2, 0.25) is 0 Å². The fraction of sp³-hybridized carbons (Fsp3) is 0.867. The summed E-state index contributed by atoms with van der Waals surface area (Å²) in [4.78, 5) is 4.38. The largest absolute Gasteiger partial charge is 0.307 e. The van der Waals surface area contributed by atoms with Gasteiger partial charge in [-0.1, -0.05) is 27.7 Å². The highest BCUT2D eigenvalue weighted by molar-refractivity contribution is 4.88. The van der Waals surface area contributed by atoms with E-state index < -0.39 is 0 Å². The summed E-state index contributed by atoms with van der Waals surface area (Å²) < 4.78 is 2.04. The fourth-order valence-electron chi connectivity index (χ4n) is 3.11. The molecule has 3 atom stereocenters. The molecule has 0 aromatic carbocycles. The van der Waals surface area contributed by atoms with Crippen LogP contribution in [-0.4, -0.2) is 20.8 Å². The second-order valence-corrected chi connectivity index (χ2v) is 6.64. The van der Waals surface area contributed by atoms with Gasteiger partial charge in [0.15, 0.2) is 0 Å². The molecule has 0 amide bonds. The van der Waals surface area contributed by atoms with Crippen LogP contribution in [0, 0.1) is 17.8 Å². The number of hydrogen-bond donors (Lipinski definition) is 1. The maximum absolute atomic E-state index is 4.38. The maximum atomic E-state index is 4.38. The van der Waals surface area contributed by atoms with Crippen LogP contribution in [0.25, 0.3) is 0 Å². The van der Waals surface area contributed by atoms with Gasteiger partial charge in [-0.3, -0.25) is 0 Å². The summed E-state index contributed by atoms with van der Waals surface area (Å²) >= 11 is 0. The zero-order chi connectivity index (χ0) is 13.8. The fourth-order valence-corrected chi connectivity index (χ4v) is 3.11. The Morgan fingerprint density at radius 1 is 1.37 bits per heavy atom. The highest BCUT2D eigenvalue weighted by atomic mass is 15.3. The molecule has 1 aliphatic carbocycles. The third-order valence-electron chi connectivity index (χ3n) is 4.19. The lowest BCUT2D eigenvalue weighted by Crippen LogP contribution is -2.39. The van der Waals surface area contributed by atoms with E-state index >= 15 is 0 Å². The molecule has 0 saturated heterocycles. The summed E-state index contributed by atoms with van der Waals surface area (Å²) in [5.74, 6) is 3.33. The molecule has 1 aromatic heterocycles. The van der Waals surface area contributed by atoms with E-state index in [0.717, 1.165) is 30.7 Å². The van der Waals surface area contributed by atoms with Gasteiger partial charge in [-0.2, -0.15) is 5.10 Å². The lowest BCUT2D eigenvalue weighted by molar-refractivity contribution is 0.225. The van der Waals surface area contributed by atoms with Gasteiger partial charge in [0.25, 0.3) is 0 Å². The van der Waals surface area contributed by atoms with Crippen LogP contribution in [0.3, 0.4) is 0 Å². The SMILES string of the molecule is CC(C)Cn1ncnc1CNC1CCC(C)CC1C. The molecule has 1 saturated carbocycles. The van der Waals surface area contributed by atoms with Crippen LogP contribution in [-0.2, 0) is 13.1 Å². The number of aromatic nitrogens is 3. The van der Waals surface area contributed by atoms with E-state index in [-0.39, 0.29) is 0 Å². The van der Waals surface area contributed by atoms with E-state index in [1.807, 2.05) is 4.68 Å². The Kier molecular flexibility index (Phi) is 4.97. The van der Waals surface area contributed by atoms with E-state index in [1.54, 1.807) is 6.33 Å². The molecule has 1 N–H and O–H groups in total. The average molecular weight is 264 g/mol. The number of hydrogen-bond acceptors (Lipinski definition) is 3. The van der Waals surface area contributed by atoms with Crippen molar-refractivity contribution in [3.63, 3.8) is 0 Å². The van der Waals surface area contributed by atoms with Crippen LogP contribution < -0.4 is 5.32 Å². The molecule has 1 aliphatic rings. The Morgan fingerprint density at radius 3 is 2.84 bits per heavy atom. The molecular formula is C15H28N4. The first kappa shape index (κ1) is 14.5. The van der Waals surface area contributed by atoms with Gasteiger partial charge < -0.3 is 5.32 Å². The highest BCUT2D eigenvalue weighted by Crippen LogP contribution is 2.28. The van der Waals surface area contributed by atoms with Gasteiger partial charge >= 0.3 is 0 Å². The Bertz CT molecular complexity index is 385. The van der Waals surface area contributed by atoms with Crippen molar-refractivity contribution in [3.8, 4) is 0 Å². The molecule has 3 unspecified atom stereocenters. The molecule has 108 valence electrons. The maximum Gasteiger partial charge on any atom is 0.140 e. The zero-order valence-corrected chi connectivity index (χ0v) is 12.8. The van der Waals surface area contributed by atoms with E-state index in [4.69, 9.17) is 0 Å². The van der Waals surface area contributed by atoms with Crippen LogP contribution in [0.2, 0.25) is 0 Å². The third-order valence-corrected chi connectivity index (χ3v) is 4.19. The first-order valence-electron chi connectivity index (χ1n) is 7.66. The molecule has 1 aromatic rings. The molecule has 4 nitrogen and oxygen atoms in total. The van der Waals surface area contributed by atoms with Gasteiger partial charge in [-0.05, 0) is 37.0 Å². The summed E-state index contributed by atoms with van der Waals surface area (Å²) in [7, 11) is 0. The summed E-state index contributed by atoms with van der Waals surface area (Å²) in [6.07, 6.45) is 5.66. The highest BCUT2D eigenvalue weighted by Gasteiger charge is 2.25. The minimum absolute atomic E-state index is 0.606. The Balaban J connectivity index is 1.86.